The molecule has 1 fully saturated rings. The van der Waals surface area contributed by atoms with Crippen molar-refractivity contribution in [3.8, 4) is 5.75 Å². The van der Waals surface area contributed by atoms with Crippen molar-refractivity contribution in [1.82, 2.24) is 9.80 Å². The molecule has 0 radical (unpaired) electrons. The molecule has 2 amide bonds. The fourth-order valence-electron chi connectivity index (χ4n) is 4.30. The third kappa shape index (κ3) is 3.90. The molecule has 1 atom stereocenters. The maximum absolute atomic E-state index is 13.1. The van der Waals surface area contributed by atoms with Gasteiger partial charge < -0.3 is 19.4 Å². The number of hydrogen-bond donors (Lipinski definition) is 0. The molecule has 2 aromatic carbocycles. The van der Waals surface area contributed by atoms with Gasteiger partial charge in [0, 0.05) is 39.3 Å². The van der Waals surface area contributed by atoms with Crippen LogP contribution in [0.1, 0.15) is 30.5 Å². The largest absolute Gasteiger partial charge is 0.495 e. The molecule has 0 aromatic heterocycles. The highest BCUT2D eigenvalue weighted by molar-refractivity contribution is 5.82. The van der Waals surface area contributed by atoms with E-state index in [2.05, 4.69) is 4.90 Å². The first-order valence-electron chi connectivity index (χ1n) is 10.3. The Hall–Kier alpha value is -3.28. The van der Waals surface area contributed by atoms with Crippen molar-refractivity contribution in [2.45, 2.75) is 19.4 Å². The smallest absolute Gasteiger partial charge is 0.225 e. The molecule has 4 rings (SSSR count). The molecule has 0 saturated carbocycles. The number of ether oxygens (including phenoxy) is 1. The lowest BCUT2D eigenvalue weighted by Gasteiger charge is -2.38. The van der Waals surface area contributed by atoms with Gasteiger partial charge in [0.05, 0.1) is 25.3 Å². The second kappa shape index (κ2) is 8.61. The van der Waals surface area contributed by atoms with Crippen LogP contribution < -0.4 is 9.64 Å². The Labute approximate surface area is 177 Å². The molecule has 0 spiro atoms. The minimum Gasteiger partial charge on any atom is -0.495 e. The van der Waals surface area contributed by atoms with E-state index in [9.17, 15) is 9.59 Å². The van der Waals surface area contributed by atoms with Gasteiger partial charge >= 0.3 is 0 Å². The number of piperazine rings is 1. The van der Waals surface area contributed by atoms with Gasteiger partial charge in [0.25, 0.3) is 0 Å². The summed E-state index contributed by atoms with van der Waals surface area (Å²) in [5, 5.41) is 0. The van der Waals surface area contributed by atoms with Crippen LogP contribution in [0.5, 0.6) is 5.75 Å². The predicted octanol–water partition coefficient (Wildman–Crippen LogP) is 3.31. The number of amides is 2. The number of methoxy groups -OCH3 is 1. The highest BCUT2D eigenvalue weighted by Gasteiger charge is 2.31. The van der Waals surface area contributed by atoms with Crippen molar-refractivity contribution < 1.29 is 14.3 Å². The van der Waals surface area contributed by atoms with Crippen LogP contribution in [0.4, 0.5) is 5.69 Å². The van der Waals surface area contributed by atoms with Gasteiger partial charge in [-0.25, -0.2) is 0 Å². The first kappa shape index (κ1) is 20.0. The second-order valence-electron chi connectivity index (χ2n) is 7.63. The average molecular weight is 405 g/mol. The zero-order valence-corrected chi connectivity index (χ0v) is 17.5. The van der Waals surface area contributed by atoms with E-state index >= 15 is 0 Å². The first-order valence-corrected chi connectivity index (χ1v) is 10.3. The minimum atomic E-state index is -0.261. The Bertz CT molecular complexity index is 964. The third-order valence-electron chi connectivity index (χ3n) is 5.90. The molecule has 6 heteroatoms. The molecular weight excluding hydrogens is 378 g/mol. The molecule has 156 valence electrons. The molecule has 6 nitrogen and oxygen atoms in total. The van der Waals surface area contributed by atoms with Crippen LogP contribution in [0.2, 0.25) is 0 Å². The van der Waals surface area contributed by atoms with Gasteiger partial charge in [-0.3, -0.25) is 9.59 Å². The molecule has 0 aliphatic carbocycles. The van der Waals surface area contributed by atoms with Gasteiger partial charge in [-0.05, 0) is 29.3 Å². The summed E-state index contributed by atoms with van der Waals surface area (Å²) in [6.07, 6.45) is 4.02. The van der Waals surface area contributed by atoms with Crippen LogP contribution in [0, 0.1) is 0 Å². The quantitative estimate of drug-likeness (QED) is 0.783. The van der Waals surface area contributed by atoms with Crippen molar-refractivity contribution in [2.24, 2.45) is 0 Å². The van der Waals surface area contributed by atoms with Gasteiger partial charge in [-0.1, -0.05) is 36.4 Å². The van der Waals surface area contributed by atoms with Gasteiger partial charge in [0.2, 0.25) is 11.8 Å². The van der Waals surface area contributed by atoms with Crippen LogP contribution in [-0.4, -0.2) is 54.9 Å². The Morgan fingerprint density at radius 2 is 1.70 bits per heavy atom. The summed E-state index contributed by atoms with van der Waals surface area (Å²) in [7, 11) is 1.68. The molecule has 2 aliphatic heterocycles. The van der Waals surface area contributed by atoms with E-state index in [1.807, 2.05) is 59.5 Å². The summed E-state index contributed by atoms with van der Waals surface area (Å²) in [4.78, 5) is 31.1. The lowest BCUT2D eigenvalue weighted by molar-refractivity contribution is -0.134. The molecule has 0 N–H and O–H groups in total. The summed E-state index contributed by atoms with van der Waals surface area (Å²) in [5.41, 5.74) is 3.14. The molecular formula is C24H27N3O3. The Morgan fingerprint density at radius 3 is 2.43 bits per heavy atom. The summed E-state index contributed by atoms with van der Waals surface area (Å²) >= 11 is 0. The average Bonchev–Trinajstić information content (AvgIpc) is 2.79. The van der Waals surface area contributed by atoms with Crippen molar-refractivity contribution >= 4 is 23.6 Å². The summed E-state index contributed by atoms with van der Waals surface area (Å²) < 4.78 is 5.47. The minimum absolute atomic E-state index is 0.0560. The summed E-state index contributed by atoms with van der Waals surface area (Å²) in [6, 6.07) is 15.7. The lowest BCUT2D eigenvalue weighted by atomic mass is 9.93. The van der Waals surface area contributed by atoms with Crippen LogP contribution in [0.15, 0.2) is 54.7 Å². The topological polar surface area (TPSA) is 53.1 Å². The zero-order chi connectivity index (χ0) is 21.1. The first-order chi connectivity index (χ1) is 14.6. The van der Waals surface area contributed by atoms with E-state index in [1.165, 1.54) is 0 Å². The summed E-state index contributed by atoms with van der Waals surface area (Å²) in [6.45, 7) is 4.36. The van der Waals surface area contributed by atoms with Crippen LogP contribution in [0.25, 0.3) is 6.08 Å². The fraction of sp³-hybridized carbons (Fsp3) is 0.333. The number of para-hydroxylation sites is 2. The lowest BCUT2D eigenvalue weighted by Crippen LogP contribution is -2.49. The van der Waals surface area contributed by atoms with Crippen LogP contribution in [0.3, 0.4) is 0 Å². The SMILES string of the molecule is COc1ccccc1N1CCN(C(=O)C[C@H]2c3ccccc3C=CN2C(C)=O)CC1. The normalized spacial score (nSPS) is 18.2. The van der Waals surface area contributed by atoms with Gasteiger partial charge in [-0.15, -0.1) is 0 Å². The molecule has 2 aliphatic rings. The maximum Gasteiger partial charge on any atom is 0.225 e. The van der Waals surface area contributed by atoms with E-state index in [0.717, 1.165) is 35.7 Å². The number of carbonyl (C=O) groups excluding carboxylic acids is 2. The molecule has 0 bridgehead atoms. The third-order valence-corrected chi connectivity index (χ3v) is 5.90. The number of rotatable bonds is 4. The van der Waals surface area contributed by atoms with Crippen molar-refractivity contribution in [1.29, 1.82) is 0 Å². The molecule has 1 saturated heterocycles. The Morgan fingerprint density at radius 1 is 1.00 bits per heavy atom. The number of hydrogen-bond acceptors (Lipinski definition) is 4. The molecule has 0 unspecified atom stereocenters. The van der Waals surface area contributed by atoms with Crippen LogP contribution in [-0.2, 0) is 9.59 Å². The van der Waals surface area contributed by atoms with E-state index in [0.29, 0.717) is 13.1 Å². The number of fused-ring (bicyclic) bond motifs is 1. The van der Waals surface area contributed by atoms with E-state index in [4.69, 9.17) is 4.74 Å². The van der Waals surface area contributed by atoms with Crippen LogP contribution >= 0.6 is 0 Å². The molecule has 2 heterocycles. The van der Waals surface area contributed by atoms with Gasteiger partial charge in [-0.2, -0.15) is 0 Å². The van der Waals surface area contributed by atoms with Crippen molar-refractivity contribution in [2.75, 3.05) is 38.2 Å². The zero-order valence-electron chi connectivity index (χ0n) is 17.5. The summed E-state index contributed by atoms with van der Waals surface area (Å²) in [5.74, 6) is 0.871. The van der Waals surface area contributed by atoms with Gasteiger partial charge in [0.1, 0.15) is 5.75 Å². The number of carbonyl (C=O) groups is 2. The Kier molecular flexibility index (Phi) is 5.74. The highest BCUT2D eigenvalue weighted by atomic mass is 16.5. The van der Waals surface area contributed by atoms with E-state index < -0.39 is 0 Å². The predicted molar refractivity (Wildman–Crippen MR) is 117 cm³/mol. The number of nitrogens with zero attached hydrogens (tertiary/aromatic N) is 3. The standard InChI is InChI=1S/C24H27N3O3/c1-18(28)27-12-11-19-7-3-4-8-20(19)22(27)17-24(29)26-15-13-25(14-16-26)21-9-5-6-10-23(21)30-2/h3-12,22H,13-17H2,1-2H3/t22-/m0/s1. The van der Waals surface area contributed by atoms with E-state index in [-0.39, 0.29) is 24.3 Å². The van der Waals surface area contributed by atoms with Gasteiger partial charge in [0.15, 0.2) is 0 Å². The van der Waals surface area contributed by atoms with Crippen molar-refractivity contribution in [3.05, 3.63) is 65.9 Å². The fourth-order valence-corrected chi connectivity index (χ4v) is 4.30. The second-order valence-corrected chi connectivity index (χ2v) is 7.63. The number of anilines is 1. The van der Waals surface area contributed by atoms with E-state index in [1.54, 1.807) is 25.1 Å². The number of benzene rings is 2. The monoisotopic (exact) mass is 405 g/mol. The molecule has 2 aromatic rings. The van der Waals surface area contributed by atoms with Crippen molar-refractivity contribution in [3.63, 3.8) is 0 Å². The maximum atomic E-state index is 13.1. The highest BCUT2D eigenvalue weighted by Crippen LogP contribution is 2.34. The Balaban J connectivity index is 1.44. The molecule has 30 heavy (non-hydrogen) atoms.